The maximum absolute atomic E-state index is 12.8. The standard InChI is InChI=1S/C12H14FNO4S/c1-8-2-7-11(12(15)16)14(8)19(17,18)10-5-3-9(13)4-6-10/h3-6,8,11H,2,7H2,1H3,(H,15,16)/t8-,11-/m0/s1. The van der Waals surface area contributed by atoms with Crippen molar-refractivity contribution >= 4 is 16.0 Å². The summed E-state index contributed by atoms with van der Waals surface area (Å²) >= 11 is 0. The van der Waals surface area contributed by atoms with E-state index in [-0.39, 0.29) is 17.4 Å². The number of rotatable bonds is 3. The summed E-state index contributed by atoms with van der Waals surface area (Å²) in [5.41, 5.74) is 0. The highest BCUT2D eigenvalue weighted by Gasteiger charge is 2.43. The van der Waals surface area contributed by atoms with Crippen LogP contribution in [0.3, 0.4) is 0 Å². The number of hydrogen-bond acceptors (Lipinski definition) is 3. The number of carboxylic acid groups (broad SMARTS) is 1. The van der Waals surface area contributed by atoms with Gasteiger partial charge < -0.3 is 5.11 Å². The molecule has 1 fully saturated rings. The van der Waals surface area contributed by atoms with Crippen LogP contribution in [0.1, 0.15) is 19.8 Å². The molecule has 2 rings (SSSR count). The summed E-state index contributed by atoms with van der Waals surface area (Å²) < 4.78 is 38.7. The summed E-state index contributed by atoms with van der Waals surface area (Å²) in [6.45, 7) is 1.67. The van der Waals surface area contributed by atoms with Crippen molar-refractivity contribution < 1.29 is 22.7 Å². The van der Waals surface area contributed by atoms with Crippen LogP contribution in [0.4, 0.5) is 4.39 Å². The molecule has 0 saturated carbocycles. The van der Waals surface area contributed by atoms with Gasteiger partial charge in [0.05, 0.1) is 4.90 Å². The van der Waals surface area contributed by atoms with Crippen LogP contribution >= 0.6 is 0 Å². The van der Waals surface area contributed by atoms with Crippen LogP contribution in [0, 0.1) is 5.82 Å². The van der Waals surface area contributed by atoms with E-state index in [0.29, 0.717) is 6.42 Å². The molecular formula is C12H14FNO4S. The zero-order valence-corrected chi connectivity index (χ0v) is 11.1. The highest BCUT2D eigenvalue weighted by molar-refractivity contribution is 7.89. The predicted molar refractivity (Wildman–Crippen MR) is 65.5 cm³/mol. The molecule has 0 bridgehead atoms. The maximum atomic E-state index is 12.8. The second kappa shape index (κ2) is 4.90. The van der Waals surface area contributed by atoms with Gasteiger partial charge in [0.1, 0.15) is 11.9 Å². The largest absolute Gasteiger partial charge is 0.480 e. The molecule has 1 aliphatic rings. The highest BCUT2D eigenvalue weighted by Crippen LogP contribution is 2.31. The van der Waals surface area contributed by atoms with E-state index in [4.69, 9.17) is 5.11 Å². The smallest absolute Gasteiger partial charge is 0.322 e. The first-order valence-electron chi connectivity index (χ1n) is 5.86. The number of nitrogens with zero attached hydrogens (tertiary/aromatic N) is 1. The summed E-state index contributed by atoms with van der Waals surface area (Å²) in [5.74, 6) is -1.70. The minimum Gasteiger partial charge on any atom is -0.480 e. The fourth-order valence-electron chi connectivity index (χ4n) is 2.33. The number of carbonyl (C=O) groups is 1. The second-order valence-corrected chi connectivity index (χ2v) is 6.41. The lowest BCUT2D eigenvalue weighted by Gasteiger charge is -2.25. The van der Waals surface area contributed by atoms with Crippen LogP contribution in [-0.4, -0.2) is 35.9 Å². The van der Waals surface area contributed by atoms with Gasteiger partial charge in [-0.25, -0.2) is 12.8 Å². The van der Waals surface area contributed by atoms with E-state index in [1.165, 1.54) is 0 Å². The van der Waals surface area contributed by atoms with Crippen LogP contribution in [0.25, 0.3) is 0 Å². The van der Waals surface area contributed by atoms with Crippen LogP contribution in [-0.2, 0) is 14.8 Å². The molecule has 0 unspecified atom stereocenters. The van der Waals surface area contributed by atoms with Crippen molar-refractivity contribution in [2.24, 2.45) is 0 Å². The number of aliphatic carboxylic acids is 1. The van der Waals surface area contributed by atoms with Gasteiger partial charge in [-0.3, -0.25) is 4.79 Å². The van der Waals surface area contributed by atoms with Crippen molar-refractivity contribution in [1.82, 2.24) is 4.31 Å². The lowest BCUT2D eigenvalue weighted by Crippen LogP contribution is -2.43. The molecule has 19 heavy (non-hydrogen) atoms. The first-order valence-corrected chi connectivity index (χ1v) is 7.30. The maximum Gasteiger partial charge on any atom is 0.322 e. The van der Waals surface area contributed by atoms with Gasteiger partial charge in [-0.15, -0.1) is 0 Å². The third-order valence-corrected chi connectivity index (χ3v) is 5.31. The van der Waals surface area contributed by atoms with E-state index >= 15 is 0 Å². The van der Waals surface area contributed by atoms with Gasteiger partial charge in [-0.1, -0.05) is 0 Å². The first-order chi connectivity index (χ1) is 8.84. The summed E-state index contributed by atoms with van der Waals surface area (Å²) in [7, 11) is -3.91. The summed E-state index contributed by atoms with van der Waals surface area (Å²) in [5, 5.41) is 9.09. The number of hydrogen-bond donors (Lipinski definition) is 1. The third kappa shape index (κ3) is 2.48. The summed E-state index contributed by atoms with van der Waals surface area (Å²) in [6.07, 6.45) is 0.786. The van der Waals surface area contributed by atoms with Crippen LogP contribution in [0.5, 0.6) is 0 Å². The van der Waals surface area contributed by atoms with E-state index in [9.17, 15) is 17.6 Å². The predicted octanol–water partition coefficient (Wildman–Crippen LogP) is 1.45. The Bertz CT molecular complexity index is 584. The second-order valence-electron chi connectivity index (χ2n) is 4.57. The molecule has 1 aromatic rings. The Hall–Kier alpha value is -1.47. The SMILES string of the molecule is C[C@H]1CC[C@@H](C(=O)O)N1S(=O)(=O)c1ccc(F)cc1. The molecule has 1 heterocycles. The van der Waals surface area contributed by atoms with Gasteiger partial charge in [0.2, 0.25) is 10.0 Å². The fourth-order valence-corrected chi connectivity index (χ4v) is 4.16. The Morgan fingerprint density at radius 2 is 1.89 bits per heavy atom. The lowest BCUT2D eigenvalue weighted by molar-refractivity contribution is -0.140. The molecule has 7 heteroatoms. The van der Waals surface area contributed by atoms with Crippen LogP contribution < -0.4 is 0 Å². The van der Waals surface area contributed by atoms with E-state index in [2.05, 4.69) is 0 Å². The molecule has 1 saturated heterocycles. The summed E-state index contributed by atoms with van der Waals surface area (Å²) in [6, 6.07) is 2.96. The monoisotopic (exact) mass is 287 g/mol. The molecule has 1 aromatic carbocycles. The minimum atomic E-state index is -3.91. The van der Waals surface area contributed by atoms with Crippen molar-refractivity contribution in [2.75, 3.05) is 0 Å². The lowest BCUT2D eigenvalue weighted by atomic mass is 10.2. The molecule has 0 spiro atoms. The number of sulfonamides is 1. The first kappa shape index (κ1) is 14.0. The van der Waals surface area contributed by atoms with Gasteiger partial charge in [0.25, 0.3) is 0 Å². The minimum absolute atomic E-state index is 0.0890. The number of halogens is 1. The van der Waals surface area contributed by atoms with Gasteiger partial charge >= 0.3 is 5.97 Å². The summed E-state index contributed by atoms with van der Waals surface area (Å²) in [4.78, 5) is 11.0. The molecule has 0 radical (unpaired) electrons. The Labute approximate surface area is 110 Å². The molecule has 1 N–H and O–H groups in total. The van der Waals surface area contributed by atoms with E-state index < -0.39 is 27.9 Å². The van der Waals surface area contributed by atoms with Crippen molar-refractivity contribution in [3.8, 4) is 0 Å². The Kier molecular flexibility index (Phi) is 3.60. The van der Waals surface area contributed by atoms with Crippen molar-refractivity contribution in [1.29, 1.82) is 0 Å². The Morgan fingerprint density at radius 1 is 1.32 bits per heavy atom. The van der Waals surface area contributed by atoms with Crippen LogP contribution in [0.15, 0.2) is 29.2 Å². The number of benzene rings is 1. The molecule has 5 nitrogen and oxygen atoms in total. The topological polar surface area (TPSA) is 74.7 Å². The average Bonchev–Trinajstić information content (AvgIpc) is 2.72. The van der Waals surface area contributed by atoms with Gasteiger partial charge in [0.15, 0.2) is 0 Å². The highest BCUT2D eigenvalue weighted by atomic mass is 32.2. The van der Waals surface area contributed by atoms with E-state index in [0.717, 1.165) is 28.6 Å². The molecule has 0 amide bonds. The van der Waals surface area contributed by atoms with E-state index in [1.807, 2.05) is 0 Å². The zero-order chi connectivity index (χ0) is 14.2. The Morgan fingerprint density at radius 3 is 2.42 bits per heavy atom. The fraction of sp³-hybridized carbons (Fsp3) is 0.417. The number of carboxylic acids is 1. The molecular weight excluding hydrogens is 273 g/mol. The van der Waals surface area contributed by atoms with Crippen LogP contribution in [0.2, 0.25) is 0 Å². The normalized spacial score (nSPS) is 24.5. The quantitative estimate of drug-likeness (QED) is 0.913. The Balaban J connectivity index is 2.43. The van der Waals surface area contributed by atoms with Crippen molar-refractivity contribution in [3.05, 3.63) is 30.1 Å². The molecule has 0 aromatic heterocycles. The van der Waals surface area contributed by atoms with Gasteiger partial charge in [-0.2, -0.15) is 4.31 Å². The van der Waals surface area contributed by atoms with E-state index in [1.54, 1.807) is 6.92 Å². The van der Waals surface area contributed by atoms with Crippen molar-refractivity contribution in [3.63, 3.8) is 0 Å². The van der Waals surface area contributed by atoms with Crippen molar-refractivity contribution in [2.45, 2.75) is 36.7 Å². The molecule has 0 aliphatic carbocycles. The third-order valence-electron chi connectivity index (χ3n) is 3.27. The average molecular weight is 287 g/mol. The molecule has 2 atom stereocenters. The van der Waals surface area contributed by atoms with Gasteiger partial charge in [0, 0.05) is 6.04 Å². The molecule has 104 valence electrons. The molecule has 1 aliphatic heterocycles. The zero-order valence-electron chi connectivity index (χ0n) is 10.3. The van der Waals surface area contributed by atoms with Gasteiger partial charge in [-0.05, 0) is 44.0 Å².